The molecule has 0 bridgehead atoms. The number of hydrogen-bond donors (Lipinski definition) is 0. The predicted octanol–water partition coefficient (Wildman–Crippen LogP) is 6.34. The Labute approximate surface area is 188 Å². The minimum Gasteiger partial charge on any atom is -0.446 e. The van der Waals surface area contributed by atoms with Crippen molar-refractivity contribution in [3.8, 4) is 0 Å². The van der Waals surface area contributed by atoms with Crippen LogP contribution in [0.4, 0.5) is 4.79 Å². The minimum absolute atomic E-state index is 0.0858. The van der Waals surface area contributed by atoms with E-state index in [9.17, 15) is 9.59 Å². The number of hydrogen-bond acceptors (Lipinski definition) is 4. The van der Waals surface area contributed by atoms with E-state index >= 15 is 0 Å². The molecule has 0 aromatic heterocycles. The molecule has 31 heavy (non-hydrogen) atoms. The molecule has 6 heteroatoms. The fourth-order valence-corrected chi connectivity index (χ4v) is 4.73. The highest BCUT2D eigenvalue weighted by atomic mass is 28.4. The van der Waals surface area contributed by atoms with Crippen LogP contribution in [0, 0.1) is 11.8 Å². The van der Waals surface area contributed by atoms with Gasteiger partial charge in [0.05, 0.1) is 0 Å². The lowest BCUT2D eigenvalue weighted by Gasteiger charge is -2.36. The first kappa shape index (κ1) is 25.3. The molecule has 1 saturated heterocycles. The Hall–Kier alpha value is -1.92. The van der Waals surface area contributed by atoms with Crippen molar-refractivity contribution in [2.45, 2.75) is 71.1 Å². The number of cyclic esters (lactones) is 1. The van der Waals surface area contributed by atoms with Gasteiger partial charge in [-0.05, 0) is 48.4 Å². The second-order valence-corrected chi connectivity index (χ2v) is 14.9. The number of allylic oxidation sites excluding steroid dienone is 1. The molecule has 0 spiro atoms. The molecule has 0 unspecified atom stereocenters. The Bertz CT molecular complexity index is 757. The van der Waals surface area contributed by atoms with Gasteiger partial charge in [-0.15, -0.1) is 6.58 Å². The van der Waals surface area contributed by atoms with Crippen LogP contribution < -0.4 is 0 Å². The van der Waals surface area contributed by atoms with Crippen LogP contribution in [-0.4, -0.2) is 38.4 Å². The molecule has 0 radical (unpaired) electrons. The summed E-state index contributed by atoms with van der Waals surface area (Å²) in [5.41, 5.74) is 0.914. The van der Waals surface area contributed by atoms with E-state index in [-0.39, 0.29) is 41.9 Å². The summed E-state index contributed by atoms with van der Waals surface area (Å²) in [6, 6.07) is 9.22. The number of rotatable bonds is 10. The molecule has 1 fully saturated rings. The van der Waals surface area contributed by atoms with Crippen LogP contribution in [0.3, 0.4) is 0 Å². The molecule has 2 rings (SSSR count). The first-order valence-corrected chi connectivity index (χ1v) is 14.2. The first-order valence-electron chi connectivity index (χ1n) is 11.3. The number of carbonyl (C=O) groups excluding carboxylic acids is 2. The Morgan fingerprint density at radius 2 is 1.97 bits per heavy atom. The molecule has 1 aliphatic heterocycles. The summed E-state index contributed by atoms with van der Waals surface area (Å²) in [7, 11) is -1.74. The maximum Gasteiger partial charge on any atom is 0.417 e. The molecule has 0 N–H and O–H groups in total. The van der Waals surface area contributed by atoms with Crippen molar-refractivity contribution in [1.82, 2.24) is 4.90 Å². The SMILES string of the molecule is C=C[C@@H](CCCO[Si](C)(C)C(C)(C)C)[C@H](C)CC(=O)N1C(=O)OC[C@H]1c1ccccc1. The van der Waals surface area contributed by atoms with Gasteiger partial charge in [-0.3, -0.25) is 4.79 Å². The standard InChI is InChI=1S/C25H39NO4Si/c1-8-20(15-12-16-30-31(6,7)25(3,4)5)19(2)17-23(27)26-22(18-29-24(26)28)21-13-10-9-11-14-21/h8-11,13-14,19-20,22H,1,12,15-18H2,2-7H3/t19-,20+,22+/m1/s1. The Kier molecular flexibility index (Phi) is 8.66. The van der Waals surface area contributed by atoms with E-state index in [4.69, 9.17) is 9.16 Å². The van der Waals surface area contributed by atoms with Crippen molar-refractivity contribution in [2.75, 3.05) is 13.2 Å². The van der Waals surface area contributed by atoms with Crippen LogP contribution in [0.15, 0.2) is 43.0 Å². The van der Waals surface area contributed by atoms with Crippen molar-refractivity contribution in [3.05, 3.63) is 48.6 Å². The van der Waals surface area contributed by atoms with Crippen LogP contribution in [0.1, 0.15) is 58.6 Å². The highest BCUT2D eigenvalue weighted by molar-refractivity contribution is 6.74. The lowest BCUT2D eigenvalue weighted by atomic mass is 9.87. The molecule has 5 nitrogen and oxygen atoms in total. The Morgan fingerprint density at radius 1 is 1.32 bits per heavy atom. The van der Waals surface area contributed by atoms with Gasteiger partial charge in [0, 0.05) is 13.0 Å². The van der Waals surface area contributed by atoms with Crippen LogP contribution in [0.5, 0.6) is 0 Å². The minimum atomic E-state index is -1.74. The van der Waals surface area contributed by atoms with Crippen LogP contribution >= 0.6 is 0 Å². The highest BCUT2D eigenvalue weighted by Crippen LogP contribution is 2.37. The average Bonchev–Trinajstić information content (AvgIpc) is 3.09. The van der Waals surface area contributed by atoms with Gasteiger partial charge < -0.3 is 9.16 Å². The van der Waals surface area contributed by atoms with Gasteiger partial charge in [-0.25, -0.2) is 9.69 Å². The summed E-state index contributed by atoms with van der Waals surface area (Å²) in [6.45, 7) is 18.2. The van der Waals surface area contributed by atoms with Gasteiger partial charge >= 0.3 is 6.09 Å². The zero-order valence-electron chi connectivity index (χ0n) is 20.0. The smallest absolute Gasteiger partial charge is 0.417 e. The van der Waals surface area contributed by atoms with Crippen LogP contribution in [-0.2, 0) is 14.0 Å². The van der Waals surface area contributed by atoms with E-state index in [1.54, 1.807) is 0 Å². The number of amides is 2. The molecular formula is C25H39NO4Si. The van der Waals surface area contributed by atoms with E-state index in [0.717, 1.165) is 25.0 Å². The van der Waals surface area contributed by atoms with Gasteiger partial charge in [0.15, 0.2) is 8.32 Å². The van der Waals surface area contributed by atoms with Gasteiger partial charge in [-0.1, -0.05) is 64.1 Å². The van der Waals surface area contributed by atoms with E-state index in [2.05, 4.69) is 47.4 Å². The number of ether oxygens (including phenoxy) is 1. The summed E-state index contributed by atoms with van der Waals surface area (Å²) < 4.78 is 11.5. The Balaban J connectivity index is 1.91. The number of carbonyl (C=O) groups is 2. The lowest BCUT2D eigenvalue weighted by molar-refractivity contribution is -0.130. The predicted molar refractivity (Wildman–Crippen MR) is 127 cm³/mol. The van der Waals surface area contributed by atoms with Crippen LogP contribution in [0.2, 0.25) is 18.1 Å². The third-order valence-corrected chi connectivity index (χ3v) is 11.3. The third kappa shape index (κ3) is 6.53. The molecule has 0 saturated carbocycles. The van der Waals surface area contributed by atoms with Gasteiger partial charge in [0.25, 0.3) is 0 Å². The van der Waals surface area contributed by atoms with Crippen molar-refractivity contribution < 1.29 is 18.8 Å². The van der Waals surface area contributed by atoms with Gasteiger partial charge in [0.2, 0.25) is 5.91 Å². The summed E-state index contributed by atoms with van der Waals surface area (Å²) in [6.07, 6.45) is 3.52. The van der Waals surface area contributed by atoms with Gasteiger partial charge in [-0.2, -0.15) is 0 Å². The average molecular weight is 446 g/mol. The summed E-state index contributed by atoms with van der Waals surface area (Å²) in [5, 5.41) is 0.199. The fourth-order valence-electron chi connectivity index (χ4n) is 3.64. The second-order valence-electron chi connectivity index (χ2n) is 10.1. The van der Waals surface area contributed by atoms with Crippen molar-refractivity contribution in [2.24, 2.45) is 11.8 Å². The van der Waals surface area contributed by atoms with Crippen molar-refractivity contribution in [1.29, 1.82) is 0 Å². The van der Waals surface area contributed by atoms with E-state index in [1.807, 2.05) is 36.4 Å². The number of nitrogens with zero attached hydrogens (tertiary/aromatic N) is 1. The largest absolute Gasteiger partial charge is 0.446 e. The molecule has 3 atom stereocenters. The number of benzene rings is 1. The Morgan fingerprint density at radius 3 is 2.55 bits per heavy atom. The van der Waals surface area contributed by atoms with E-state index in [0.29, 0.717) is 0 Å². The number of imide groups is 1. The van der Waals surface area contributed by atoms with E-state index < -0.39 is 14.4 Å². The molecule has 1 aromatic rings. The first-order chi connectivity index (χ1) is 14.5. The molecular weight excluding hydrogens is 406 g/mol. The maximum atomic E-state index is 13.0. The highest BCUT2D eigenvalue weighted by Gasteiger charge is 2.39. The second kappa shape index (κ2) is 10.6. The summed E-state index contributed by atoms with van der Waals surface area (Å²) >= 11 is 0. The van der Waals surface area contributed by atoms with Crippen molar-refractivity contribution >= 4 is 20.3 Å². The van der Waals surface area contributed by atoms with E-state index in [1.165, 1.54) is 4.90 Å². The molecule has 1 heterocycles. The topological polar surface area (TPSA) is 55.8 Å². The third-order valence-electron chi connectivity index (χ3n) is 6.81. The van der Waals surface area contributed by atoms with Gasteiger partial charge in [0.1, 0.15) is 12.6 Å². The summed E-state index contributed by atoms with van der Waals surface area (Å²) in [5.74, 6) is 0.0942. The molecule has 2 amide bonds. The molecule has 1 aliphatic rings. The molecule has 172 valence electrons. The molecule has 0 aliphatic carbocycles. The normalized spacial score (nSPS) is 19.1. The molecule has 1 aromatic carbocycles. The fraction of sp³-hybridized carbons (Fsp3) is 0.600. The monoisotopic (exact) mass is 445 g/mol. The van der Waals surface area contributed by atoms with Crippen LogP contribution in [0.25, 0.3) is 0 Å². The zero-order valence-corrected chi connectivity index (χ0v) is 21.0. The lowest BCUT2D eigenvalue weighted by Crippen LogP contribution is -2.41. The maximum absolute atomic E-state index is 13.0. The van der Waals surface area contributed by atoms with Crippen molar-refractivity contribution in [3.63, 3.8) is 0 Å². The summed E-state index contributed by atoms with van der Waals surface area (Å²) in [4.78, 5) is 26.6. The quantitative estimate of drug-likeness (QED) is 0.240. The zero-order chi connectivity index (χ0) is 23.2.